The lowest BCUT2D eigenvalue weighted by molar-refractivity contribution is 0.312. The summed E-state index contributed by atoms with van der Waals surface area (Å²) in [6, 6.07) is 0. The largest absolute Gasteiger partial charge is 0.316 e. The van der Waals surface area contributed by atoms with Crippen LogP contribution in [0.2, 0.25) is 0 Å². The molecule has 1 N–H and O–H groups in total. The Morgan fingerprint density at radius 3 is 2.74 bits per heavy atom. The van der Waals surface area contributed by atoms with Crippen molar-refractivity contribution in [3.05, 3.63) is 0 Å². The van der Waals surface area contributed by atoms with Gasteiger partial charge in [-0.15, -0.1) is 0 Å². The lowest BCUT2D eigenvalue weighted by Gasteiger charge is -2.16. The zero-order valence-electron chi connectivity index (χ0n) is 13.3. The molecular formula is C16H34N2S. The van der Waals surface area contributed by atoms with Gasteiger partial charge in [0, 0.05) is 6.54 Å². The van der Waals surface area contributed by atoms with Crippen molar-refractivity contribution in [3.8, 4) is 0 Å². The number of hydrogen-bond acceptors (Lipinski definition) is 3. The van der Waals surface area contributed by atoms with Gasteiger partial charge >= 0.3 is 0 Å². The molecule has 1 aliphatic rings. The maximum absolute atomic E-state index is 3.61. The molecule has 0 aromatic rings. The third kappa shape index (κ3) is 8.93. The standard InChI is InChI=1S/C16H34N2S/c1-15(2)12-17-13-16-8-10-18(14-16)9-6-4-5-7-11-19-3/h15-17H,4-14H2,1-3H3. The number of rotatable bonds is 11. The molecule has 1 atom stereocenters. The van der Waals surface area contributed by atoms with Crippen LogP contribution in [0.15, 0.2) is 0 Å². The minimum Gasteiger partial charge on any atom is -0.316 e. The van der Waals surface area contributed by atoms with E-state index < -0.39 is 0 Å². The minimum absolute atomic E-state index is 0.777. The van der Waals surface area contributed by atoms with E-state index in [1.54, 1.807) is 0 Å². The fraction of sp³-hybridized carbons (Fsp3) is 1.00. The molecule has 0 spiro atoms. The van der Waals surface area contributed by atoms with E-state index in [0.29, 0.717) is 0 Å². The van der Waals surface area contributed by atoms with Crippen LogP contribution in [-0.4, -0.2) is 49.6 Å². The quantitative estimate of drug-likeness (QED) is 0.585. The van der Waals surface area contributed by atoms with Crippen molar-refractivity contribution >= 4 is 11.8 Å². The number of likely N-dealkylation sites (tertiary alicyclic amines) is 1. The first-order valence-electron chi connectivity index (χ1n) is 8.14. The van der Waals surface area contributed by atoms with Gasteiger partial charge in [-0.1, -0.05) is 26.7 Å². The molecule has 0 amide bonds. The summed E-state index contributed by atoms with van der Waals surface area (Å²) < 4.78 is 0. The average Bonchev–Trinajstić information content (AvgIpc) is 2.81. The van der Waals surface area contributed by atoms with E-state index in [1.807, 2.05) is 11.8 Å². The van der Waals surface area contributed by atoms with E-state index in [9.17, 15) is 0 Å². The molecular weight excluding hydrogens is 252 g/mol. The summed E-state index contributed by atoms with van der Waals surface area (Å²) in [6.07, 6.45) is 9.26. The van der Waals surface area contributed by atoms with E-state index >= 15 is 0 Å². The summed E-state index contributed by atoms with van der Waals surface area (Å²) in [4.78, 5) is 2.68. The highest BCUT2D eigenvalue weighted by Crippen LogP contribution is 2.16. The Hall–Kier alpha value is 0.270. The van der Waals surface area contributed by atoms with Crippen LogP contribution in [0, 0.1) is 11.8 Å². The van der Waals surface area contributed by atoms with Crippen LogP contribution in [0.3, 0.4) is 0 Å². The predicted molar refractivity (Wildman–Crippen MR) is 89.1 cm³/mol. The second kappa shape index (κ2) is 11.0. The molecule has 0 radical (unpaired) electrons. The van der Waals surface area contributed by atoms with Crippen molar-refractivity contribution in [1.82, 2.24) is 10.2 Å². The number of unbranched alkanes of at least 4 members (excludes halogenated alkanes) is 3. The highest BCUT2D eigenvalue weighted by atomic mass is 32.2. The van der Waals surface area contributed by atoms with Crippen LogP contribution in [-0.2, 0) is 0 Å². The predicted octanol–water partition coefficient (Wildman–Crippen LogP) is 3.48. The van der Waals surface area contributed by atoms with Gasteiger partial charge in [0.1, 0.15) is 0 Å². The Bertz CT molecular complexity index is 209. The van der Waals surface area contributed by atoms with E-state index in [0.717, 1.165) is 11.8 Å². The minimum atomic E-state index is 0.777. The topological polar surface area (TPSA) is 15.3 Å². The molecule has 19 heavy (non-hydrogen) atoms. The van der Waals surface area contributed by atoms with Gasteiger partial charge in [0.15, 0.2) is 0 Å². The van der Waals surface area contributed by atoms with Crippen LogP contribution < -0.4 is 5.32 Å². The van der Waals surface area contributed by atoms with E-state index in [2.05, 4.69) is 30.3 Å². The van der Waals surface area contributed by atoms with Gasteiger partial charge in [-0.3, -0.25) is 0 Å². The molecule has 1 heterocycles. The molecule has 3 heteroatoms. The van der Waals surface area contributed by atoms with Gasteiger partial charge in [-0.25, -0.2) is 0 Å². The van der Waals surface area contributed by atoms with Crippen LogP contribution in [0.1, 0.15) is 46.0 Å². The summed E-state index contributed by atoms with van der Waals surface area (Å²) in [7, 11) is 0. The maximum atomic E-state index is 3.61. The van der Waals surface area contributed by atoms with Crippen molar-refractivity contribution in [2.75, 3.05) is 44.7 Å². The van der Waals surface area contributed by atoms with Gasteiger partial charge in [-0.05, 0) is 69.3 Å². The number of nitrogens with zero attached hydrogens (tertiary/aromatic N) is 1. The zero-order chi connectivity index (χ0) is 13.9. The van der Waals surface area contributed by atoms with E-state index in [4.69, 9.17) is 0 Å². The summed E-state index contributed by atoms with van der Waals surface area (Å²) in [5.74, 6) is 3.02. The highest BCUT2D eigenvalue weighted by Gasteiger charge is 2.21. The Morgan fingerprint density at radius 2 is 2.00 bits per heavy atom. The van der Waals surface area contributed by atoms with Crippen molar-refractivity contribution in [2.45, 2.75) is 46.0 Å². The average molecular weight is 287 g/mol. The molecule has 114 valence electrons. The molecule has 1 unspecified atom stereocenters. The van der Waals surface area contributed by atoms with Crippen LogP contribution in [0.5, 0.6) is 0 Å². The van der Waals surface area contributed by atoms with E-state index in [-0.39, 0.29) is 0 Å². The Kier molecular flexibility index (Phi) is 10.0. The third-order valence-electron chi connectivity index (χ3n) is 3.93. The SMILES string of the molecule is CSCCCCCCN1CCC(CNCC(C)C)C1. The Labute approximate surface area is 125 Å². The number of thioether (sulfide) groups is 1. The smallest absolute Gasteiger partial charge is 0.00223 e. The molecule has 0 aromatic carbocycles. The molecule has 0 saturated carbocycles. The maximum Gasteiger partial charge on any atom is 0.00223 e. The molecule has 1 aliphatic heterocycles. The molecule has 0 aromatic heterocycles. The third-order valence-corrected chi connectivity index (χ3v) is 4.63. The fourth-order valence-corrected chi connectivity index (χ4v) is 3.29. The van der Waals surface area contributed by atoms with E-state index in [1.165, 1.54) is 70.6 Å². The van der Waals surface area contributed by atoms with Crippen LogP contribution in [0.4, 0.5) is 0 Å². The van der Waals surface area contributed by atoms with Gasteiger partial charge < -0.3 is 10.2 Å². The van der Waals surface area contributed by atoms with Crippen molar-refractivity contribution in [2.24, 2.45) is 11.8 Å². The van der Waals surface area contributed by atoms with Gasteiger partial charge in [0.25, 0.3) is 0 Å². The second-order valence-electron chi connectivity index (χ2n) is 6.41. The summed E-state index contributed by atoms with van der Waals surface area (Å²) in [5, 5.41) is 3.61. The first-order valence-corrected chi connectivity index (χ1v) is 9.53. The lowest BCUT2D eigenvalue weighted by Crippen LogP contribution is -2.29. The second-order valence-corrected chi connectivity index (χ2v) is 7.40. The molecule has 1 fully saturated rings. The number of hydrogen-bond donors (Lipinski definition) is 1. The monoisotopic (exact) mass is 286 g/mol. The highest BCUT2D eigenvalue weighted by molar-refractivity contribution is 7.98. The van der Waals surface area contributed by atoms with Gasteiger partial charge in [0.2, 0.25) is 0 Å². The van der Waals surface area contributed by atoms with Crippen LogP contribution >= 0.6 is 11.8 Å². The molecule has 0 aliphatic carbocycles. The first-order chi connectivity index (χ1) is 9.22. The zero-order valence-corrected chi connectivity index (χ0v) is 14.1. The summed E-state index contributed by atoms with van der Waals surface area (Å²) in [5.41, 5.74) is 0. The molecule has 2 nitrogen and oxygen atoms in total. The summed E-state index contributed by atoms with van der Waals surface area (Å²) >= 11 is 1.98. The molecule has 0 bridgehead atoms. The van der Waals surface area contributed by atoms with Crippen molar-refractivity contribution in [1.29, 1.82) is 0 Å². The van der Waals surface area contributed by atoms with Gasteiger partial charge in [-0.2, -0.15) is 11.8 Å². The number of nitrogens with one attached hydrogen (secondary N) is 1. The Balaban J connectivity index is 1.93. The summed E-state index contributed by atoms with van der Waals surface area (Å²) in [6.45, 7) is 11.0. The van der Waals surface area contributed by atoms with Crippen molar-refractivity contribution < 1.29 is 0 Å². The fourth-order valence-electron chi connectivity index (χ4n) is 2.79. The molecule has 1 rings (SSSR count). The first kappa shape index (κ1) is 17.3. The van der Waals surface area contributed by atoms with Crippen LogP contribution in [0.25, 0.3) is 0 Å². The van der Waals surface area contributed by atoms with Crippen molar-refractivity contribution in [3.63, 3.8) is 0 Å². The normalized spacial score (nSPS) is 20.5. The Morgan fingerprint density at radius 1 is 1.21 bits per heavy atom. The van der Waals surface area contributed by atoms with Gasteiger partial charge in [0.05, 0.1) is 0 Å². The lowest BCUT2D eigenvalue weighted by atomic mass is 10.1. The molecule has 1 saturated heterocycles.